The lowest BCUT2D eigenvalue weighted by molar-refractivity contribution is -0.193. The van der Waals surface area contributed by atoms with E-state index in [-0.39, 0.29) is 17.4 Å². The van der Waals surface area contributed by atoms with E-state index in [1.165, 1.54) is 6.26 Å². The molecular weight excluding hydrogens is 622 g/mol. The second-order valence-electron chi connectivity index (χ2n) is 9.80. The first kappa shape index (κ1) is 34.8. The number of hydrogen-bond acceptors (Lipinski definition) is 8. The summed E-state index contributed by atoms with van der Waals surface area (Å²) in [7, 11) is 2.16. The van der Waals surface area contributed by atoms with Gasteiger partial charge in [0.1, 0.15) is 12.0 Å². The molecule has 3 aromatic rings. The van der Waals surface area contributed by atoms with E-state index in [0.717, 1.165) is 50.2 Å². The number of carboxylic acids is 2. The molecule has 0 aliphatic carbocycles. The van der Waals surface area contributed by atoms with E-state index in [0.29, 0.717) is 30.0 Å². The molecule has 2 aliphatic rings. The van der Waals surface area contributed by atoms with Crippen molar-refractivity contribution in [2.45, 2.75) is 25.3 Å². The van der Waals surface area contributed by atoms with Crippen LogP contribution < -0.4 is 10.6 Å². The number of piperazine rings is 1. The van der Waals surface area contributed by atoms with Crippen LogP contribution in [-0.2, 0) is 22.6 Å². The third kappa shape index (κ3) is 9.67. The maximum Gasteiger partial charge on any atom is 0.490 e. The SMILES string of the molecule is CN1CCN(CCn2ncc3cc(NC(=O)c4coc5c4C(=O)NCC5)ccc32)CC1.O=C(O)C(F)(F)F.O=C(O)C(F)(F)F. The summed E-state index contributed by atoms with van der Waals surface area (Å²) in [6, 6.07) is 5.74. The molecule has 2 aromatic heterocycles. The number of aliphatic carboxylic acids is 2. The summed E-state index contributed by atoms with van der Waals surface area (Å²) in [5.74, 6) is -5.58. The number of alkyl halides is 6. The number of halogens is 6. The van der Waals surface area contributed by atoms with Crippen LogP contribution in [-0.4, -0.2) is 112 Å². The van der Waals surface area contributed by atoms with Crippen molar-refractivity contribution < 1.29 is 60.2 Å². The van der Waals surface area contributed by atoms with Gasteiger partial charge in [0.2, 0.25) is 0 Å². The number of carbonyl (C=O) groups excluding carboxylic acids is 2. The fraction of sp³-hybridized carbons (Fsp3) is 0.423. The number of fused-ring (bicyclic) bond motifs is 2. The van der Waals surface area contributed by atoms with Crippen LogP contribution in [0.5, 0.6) is 0 Å². The Kier molecular flexibility index (Phi) is 11.2. The molecule has 0 radical (unpaired) electrons. The van der Waals surface area contributed by atoms with Crippen LogP contribution >= 0.6 is 0 Å². The molecule has 1 fully saturated rings. The topological polar surface area (TPSA) is 170 Å². The van der Waals surface area contributed by atoms with Gasteiger partial charge in [-0.2, -0.15) is 31.4 Å². The molecule has 0 bridgehead atoms. The van der Waals surface area contributed by atoms with Crippen molar-refractivity contribution in [2.75, 3.05) is 51.6 Å². The van der Waals surface area contributed by atoms with E-state index in [1.807, 2.05) is 29.1 Å². The Labute approximate surface area is 250 Å². The third-order valence-corrected chi connectivity index (χ3v) is 6.59. The second kappa shape index (κ2) is 14.4. The van der Waals surface area contributed by atoms with Crippen molar-refractivity contribution in [1.29, 1.82) is 0 Å². The summed E-state index contributed by atoms with van der Waals surface area (Å²) in [5, 5.41) is 25.4. The number of hydrogen-bond donors (Lipinski definition) is 4. The van der Waals surface area contributed by atoms with Crippen LogP contribution in [0, 0.1) is 0 Å². The molecular formula is C26H28F6N6O7. The van der Waals surface area contributed by atoms with Gasteiger partial charge in [0.15, 0.2) is 0 Å². The number of rotatable bonds is 5. The van der Waals surface area contributed by atoms with Crippen LogP contribution in [0.2, 0.25) is 0 Å². The largest absolute Gasteiger partial charge is 0.490 e. The lowest BCUT2D eigenvalue weighted by atomic mass is 10.0. The number of nitrogens with zero attached hydrogens (tertiary/aromatic N) is 4. The van der Waals surface area contributed by atoms with Crippen LogP contribution in [0.3, 0.4) is 0 Å². The first-order valence-corrected chi connectivity index (χ1v) is 13.1. The van der Waals surface area contributed by atoms with Gasteiger partial charge in [-0.1, -0.05) is 0 Å². The number of aromatic nitrogens is 2. The predicted molar refractivity (Wildman–Crippen MR) is 144 cm³/mol. The quantitative estimate of drug-likeness (QED) is 0.301. The highest BCUT2D eigenvalue weighted by Crippen LogP contribution is 2.24. The highest BCUT2D eigenvalue weighted by atomic mass is 19.4. The first-order valence-electron chi connectivity index (χ1n) is 13.1. The molecule has 45 heavy (non-hydrogen) atoms. The van der Waals surface area contributed by atoms with E-state index in [9.17, 15) is 35.9 Å². The van der Waals surface area contributed by atoms with Gasteiger partial charge in [-0.05, 0) is 25.2 Å². The minimum atomic E-state index is -5.08. The number of carbonyl (C=O) groups is 4. The minimum absolute atomic E-state index is 0.259. The number of anilines is 1. The molecule has 19 heteroatoms. The second-order valence-corrected chi connectivity index (χ2v) is 9.80. The van der Waals surface area contributed by atoms with Gasteiger partial charge in [-0.15, -0.1) is 0 Å². The molecule has 0 atom stereocenters. The van der Waals surface area contributed by atoms with Crippen molar-refractivity contribution in [3.8, 4) is 0 Å². The van der Waals surface area contributed by atoms with Gasteiger partial charge in [0.25, 0.3) is 11.8 Å². The van der Waals surface area contributed by atoms with E-state index >= 15 is 0 Å². The van der Waals surface area contributed by atoms with E-state index in [4.69, 9.17) is 24.2 Å². The van der Waals surface area contributed by atoms with Crippen molar-refractivity contribution in [3.63, 3.8) is 0 Å². The van der Waals surface area contributed by atoms with Gasteiger partial charge < -0.3 is 30.2 Å². The summed E-state index contributed by atoms with van der Waals surface area (Å²) < 4.78 is 70.9. The van der Waals surface area contributed by atoms with Gasteiger partial charge in [0.05, 0.1) is 29.4 Å². The average molecular weight is 651 g/mol. The molecule has 246 valence electrons. The van der Waals surface area contributed by atoms with Gasteiger partial charge in [-0.25, -0.2) is 9.59 Å². The number of carboxylic acid groups (broad SMARTS) is 2. The summed E-state index contributed by atoms with van der Waals surface area (Å²) in [4.78, 5) is 47.5. The third-order valence-electron chi connectivity index (χ3n) is 6.59. The van der Waals surface area contributed by atoms with Crippen molar-refractivity contribution in [1.82, 2.24) is 24.9 Å². The Morgan fingerprint density at radius 1 is 1.00 bits per heavy atom. The molecule has 2 amide bonds. The predicted octanol–water partition coefficient (Wildman–Crippen LogP) is 2.68. The van der Waals surface area contributed by atoms with Crippen LogP contribution in [0.15, 0.2) is 35.1 Å². The zero-order chi connectivity index (χ0) is 33.5. The molecule has 1 aromatic carbocycles. The smallest absolute Gasteiger partial charge is 0.475 e. The molecule has 4 N–H and O–H groups in total. The highest BCUT2D eigenvalue weighted by molar-refractivity contribution is 6.13. The number of benzene rings is 1. The number of furan rings is 1. The minimum Gasteiger partial charge on any atom is -0.475 e. The van der Waals surface area contributed by atoms with Crippen LogP contribution in [0.4, 0.5) is 32.0 Å². The summed E-state index contributed by atoms with van der Waals surface area (Å²) in [6.45, 7) is 6.69. The lowest BCUT2D eigenvalue weighted by Gasteiger charge is -2.32. The summed E-state index contributed by atoms with van der Waals surface area (Å²) in [5.41, 5.74) is 2.28. The summed E-state index contributed by atoms with van der Waals surface area (Å²) >= 11 is 0. The zero-order valence-corrected chi connectivity index (χ0v) is 23.5. The van der Waals surface area contributed by atoms with E-state index < -0.39 is 24.3 Å². The fourth-order valence-corrected chi connectivity index (χ4v) is 4.23. The molecule has 1 saturated heterocycles. The Morgan fingerprint density at radius 2 is 1.60 bits per heavy atom. The molecule has 2 aliphatic heterocycles. The van der Waals surface area contributed by atoms with E-state index in [2.05, 4.69) is 32.6 Å². The normalized spacial score (nSPS) is 15.6. The van der Waals surface area contributed by atoms with Crippen molar-refractivity contribution in [2.24, 2.45) is 0 Å². The average Bonchev–Trinajstić information content (AvgIpc) is 3.57. The fourth-order valence-electron chi connectivity index (χ4n) is 4.23. The first-order chi connectivity index (χ1) is 21.0. The molecule has 0 saturated carbocycles. The molecule has 0 spiro atoms. The molecule has 13 nitrogen and oxygen atoms in total. The van der Waals surface area contributed by atoms with Crippen LogP contribution in [0.1, 0.15) is 26.5 Å². The number of amides is 2. The summed E-state index contributed by atoms with van der Waals surface area (Å²) in [6.07, 6.45) is -6.39. The Morgan fingerprint density at radius 3 is 2.18 bits per heavy atom. The zero-order valence-electron chi connectivity index (χ0n) is 23.5. The molecule has 0 unspecified atom stereocenters. The molecule has 5 rings (SSSR count). The maximum atomic E-state index is 12.8. The van der Waals surface area contributed by atoms with Gasteiger partial charge in [0, 0.05) is 56.8 Å². The van der Waals surface area contributed by atoms with E-state index in [1.54, 1.807) is 0 Å². The Balaban J connectivity index is 0.000000331. The molecule has 4 heterocycles. The highest BCUT2D eigenvalue weighted by Gasteiger charge is 2.39. The monoisotopic (exact) mass is 650 g/mol. The lowest BCUT2D eigenvalue weighted by Crippen LogP contribution is -2.45. The van der Waals surface area contributed by atoms with Crippen LogP contribution in [0.25, 0.3) is 10.9 Å². The number of likely N-dealkylation sites (N-methyl/N-ethyl adjacent to an activating group) is 1. The Bertz CT molecular complexity index is 1500. The standard InChI is InChI=1S/C22H26N6O3.2C2HF3O2/c1-26-6-8-27(9-7-26)10-11-28-18-3-2-16(12-15(18)13-24-28)25-21(29)17-14-31-19-4-5-23-22(30)20(17)19;2*3-2(4,5)1(6)7/h2-3,12-14H,4-11H2,1H3,(H,23,30)(H,25,29);2*(H,6,7). The van der Waals surface area contributed by atoms with Gasteiger partial charge in [-0.3, -0.25) is 19.2 Å². The maximum absolute atomic E-state index is 12.8. The number of nitrogens with one attached hydrogen (secondary N) is 2. The van der Waals surface area contributed by atoms with Gasteiger partial charge >= 0.3 is 24.3 Å². The Hall–Kier alpha value is -4.65. The van der Waals surface area contributed by atoms with Crippen molar-refractivity contribution in [3.05, 3.63) is 47.5 Å². The van der Waals surface area contributed by atoms with Crippen molar-refractivity contribution >= 4 is 40.3 Å².